The number of hydrogen-bond donors (Lipinski definition) is 0. The fourth-order valence-corrected chi connectivity index (χ4v) is 1.25. The predicted octanol–water partition coefficient (Wildman–Crippen LogP) is 1.82. The van der Waals surface area contributed by atoms with E-state index in [4.69, 9.17) is 0 Å². The molecule has 0 aromatic carbocycles. The highest BCUT2D eigenvalue weighted by Gasteiger charge is 2.31. The lowest BCUT2D eigenvalue weighted by molar-refractivity contribution is -0.153. The maximum atomic E-state index is 11.0. The summed E-state index contributed by atoms with van der Waals surface area (Å²) in [5.74, 6) is -0.995. The van der Waals surface area contributed by atoms with Crippen molar-refractivity contribution in [1.82, 2.24) is 0 Å². The van der Waals surface area contributed by atoms with Crippen LogP contribution in [0.4, 0.5) is 0 Å². The molecule has 0 unspecified atom stereocenters. The van der Waals surface area contributed by atoms with E-state index in [1.54, 1.807) is 0 Å². The van der Waals surface area contributed by atoms with E-state index in [1.165, 1.54) is 0 Å². The van der Waals surface area contributed by atoms with E-state index in [2.05, 4.69) is 11.7 Å². The van der Waals surface area contributed by atoms with Crippen molar-refractivity contribution in [3.8, 4) is 0 Å². The molecule has 0 N–H and O–H groups in total. The molecule has 72 valence electrons. The van der Waals surface area contributed by atoms with Crippen molar-refractivity contribution in [2.45, 2.75) is 32.6 Å². The van der Waals surface area contributed by atoms with Crippen molar-refractivity contribution in [1.29, 1.82) is 0 Å². The lowest BCUT2D eigenvalue weighted by Crippen LogP contribution is -2.05. The molecule has 0 amide bonds. The quantitative estimate of drug-likeness (QED) is 0.378. The van der Waals surface area contributed by atoms with Gasteiger partial charge < -0.3 is 4.74 Å². The van der Waals surface area contributed by atoms with Gasteiger partial charge >= 0.3 is 11.9 Å². The van der Waals surface area contributed by atoms with Gasteiger partial charge in [0.05, 0.1) is 12.3 Å². The summed E-state index contributed by atoms with van der Waals surface area (Å²) in [6.45, 7) is 2.09. The number of hydrogen-bond acceptors (Lipinski definition) is 3. The summed E-state index contributed by atoms with van der Waals surface area (Å²) in [6, 6.07) is 0. The highest BCUT2D eigenvalue weighted by Crippen LogP contribution is 2.19. The lowest BCUT2D eigenvalue weighted by Gasteiger charge is -1.97. The fraction of sp³-hybridized carbons (Fsp3) is 0.600. The van der Waals surface area contributed by atoms with Gasteiger partial charge in [0.25, 0.3) is 0 Å². The third kappa shape index (κ3) is 3.01. The molecule has 1 heterocycles. The normalized spacial score (nSPS) is 22.7. The van der Waals surface area contributed by atoms with Crippen LogP contribution in [0.3, 0.4) is 0 Å². The highest BCUT2D eigenvalue weighted by atomic mass is 16.6. The number of ether oxygens (including phenoxy) is 1. The van der Waals surface area contributed by atoms with Gasteiger partial charge in [-0.2, -0.15) is 0 Å². The average Bonchev–Trinajstić information content (AvgIpc) is 2.39. The Labute approximate surface area is 77.8 Å². The first-order valence-electron chi connectivity index (χ1n) is 4.63. The van der Waals surface area contributed by atoms with Crippen molar-refractivity contribution in [3.63, 3.8) is 0 Å². The molecule has 3 nitrogen and oxygen atoms in total. The summed E-state index contributed by atoms with van der Waals surface area (Å²) < 4.78 is 4.42. The SMILES string of the molecule is CCC/C=C\C[C@H]1CC(=O)OC1=O. The van der Waals surface area contributed by atoms with E-state index in [0.29, 0.717) is 6.42 Å². The molecule has 1 fully saturated rings. The molecule has 1 rings (SSSR count). The second-order valence-corrected chi connectivity index (χ2v) is 3.19. The van der Waals surface area contributed by atoms with Crippen LogP contribution >= 0.6 is 0 Å². The van der Waals surface area contributed by atoms with Crippen LogP contribution in [0.5, 0.6) is 0 Å². The summed E-state index contributed by atoms with van der Waals surface area (Å²) in [4.78, 5) is 21.7. The molecule has 0 aliphatic carbocycles. The smallest absolute Gasteiger partial charge is 0.317 e. The molecule has 0 aromatic heterocycles. The number of unbranched alkanes of at least 4 members (excludes halogenated alkanes) is 1. The maximum absolute atomic E-state index is 11.0. The van der Waals surface area contributed by atoms with Crippen molar-refractivity contribution in [3.05, 3.63) is 12.2 Å². The largest absolute Gasteiger partial charge is 0.393 e. The van der Waals surface area contributed by atoms with Gasteiger partial charge in [0, 0.05) is 0 Å². The minimum absolute atomic E-state index is 0.236. The number of rotatable bonds is 4. The molecule has 0 radical (unpaired) electrons. The van der Waals surface area contributed by atoms with E-state index in [1.807, 2.05) is 12.2 Å². The number of allylic oxidation sites excluding steroid dienone is 2. The lowest BCUT2D eigenvalue weighted by atomic mass is 10.0. The average molecular weight is 182 g/mol. The van der Waals surface area contributed by atoms with E-state index >= 15 is 0 Å². The van der Waals surface area contributed by atoms with Crippen molar-refractivity contribution in [2.24, 2.45) is 5.92 Å². The highest BCUT2D eigenvalue weighted by molar-refractivity contribution is 5.94. The van der Waals surface area contributed by atoms with E-state index in [9.17, 15) is 9.59 Å². The zero-order valence-corrected chi connectivity index (χ0v) is 7.79. The second kappa shape index (κ2) is 4.80. The van der Waals surface area contributed by atoms with Crippen LogP contribution in [0.1, 0.15) is 32.6 Å². The summed E-state index contributed by atoms with van der Waals surface area (Å²) >= 11 is 0. The zero-order chi connectivity index (χ0) is 9.68. The Morgan fingerprint density at radius 3 is 2.77 bits per heavy atom. The number of esters is 2. The first kappa shape index (κ1) is 9.96. The van der Waals surface area contributed by atoms with Crippen LogP contribution in [-0.2, 0) is 14.3 Å². The Bertz CT molecular complexity index is 230. The van der Waals surface area contributed by atoms with Gasteiger partial charge in [-0.25, -0.2) is 0 Å². The third-order valence-electron chi connectivity index (χ3n) is 2.00. The Hall–Kier alpha value is -1.12. The van der Waals surface area contributed by atoms with Gasteiger partial charge in [-0.3, -0.25) is 9.59 Å². The fourth-order valence-electron chi connectivity index (χ4n) is 1.25. The Morgan fingerprint density at radius 2 is 2.23 bits per heavy atom. The van der Waals surface area contributed by atoms with Gasteiger partial charge in [-0.05, 0) is 12.8 Å². The van der Waals surface area contributed by atoms with E-state index in [-0.39, 0.29) is 24.3 Å². The molecule has 0 saturated carbocycles. The van der Waals surface area contributed by atoms with Crippen molar-refractivity contribution >= 4 is 11.9 Å². The molecule has 13 heavy (non-hydrogen) atoms. The molecule has 1 aliphatic heterocycles. The minimum Gasteiger partial charge on any atom is -0.393 e. The molecule has 0 aromatic rings. The molecule has 0 spiro atoms. The summed E-state index contributed by atoms with van der Waals surface area (Å²) in [7, 11) is 0. The molecule has 1 aliphatic rings. The number of carbonyl (C=O) groups excluding carboxylic acids is 2. The first-order valence-corrected chi connectivity index (χ1v) is 4.63. The van der Waals surface area contributed by atoms with Crippen molar-refractivity contribution in [2.75, 3.05) is 0 Å². The predicted molar refractivity (Wildman–Crippen MR) is 47.9 cm³/mol. The molecule has 1 saturated heterocycles. The first-order chi connectivity index (χ1) is 6.24. The topological polar surface area (TPSA) is 43.4 Å². The Kier molecular flexibility index (Phi) is 3.68. The molecule has 3 heteroatoms. The number of carbonyl (C=O) groups is 2. The van der Waals surface area contributed by atoms with E-state index < -0.39 is 0 Å². The van der Waals surface area contributed by atoms with Gasteiger partial charge in [-0.1, -0.05) is 25.5 Å². The van der Waals surface area contributed by atoms with Crippen LogP contribution in [-0.4, -0.2) is 11.9 Å². The van der Waals surface area contributed by atoms with E-state index in [0.717, 1.165) is 12.8 Å². The monoisotopic (exact) mass is 182 g/mol. The summed E-state index contributed by atoms with van der Waals surface area (Å²) in [5.41, 5.74) is 0. The van der Waals surface area contributed by atoms with Crippen LogP contribution in [0.15, 0.2) is 12.2 Å². The number of cyclic esters (lactones) is 2. The van der Waals surface area contributed by atoms with Crippen LogP contribution in [0.2, 0.25) is 0 Å². The van der Waals surface area contributed by atoms with Gasteiger partial charge in [0.1, 0.15) is 0 Å². The summed E-state index contributed by atoms with van der Waals surface area (Å²) in [6.07, 6.45) is 6.99. The van der Waals surface area contributed by atoms with Crippen molar-refractivity contribution < 1.29 is 14.3 Å². The zero-order valence-electron chi connectivity index (χ0n) is 7.79. The molecular formula is C10H14O3. The molecule has 0 bridgehead atoms. The summed E-state index contributed by atoms with van der Waals surface area (Å²) in [5, 5.41) is 0. The minimum atomic E-state index is -0.390. The Balaban J connectivity index is 2.29. The third-order valence-corrected chi connectivity index (χ3v) is 2.00. The standard InChI is InChI=1S/C10H14O3/c1-2-3-4-5-6-8-7-9(11)13-10(8)12/h4-5,8H,2-3,6-7H2,1H3/b5-4-/t8-/m0/s1. The van der Waals surface area contributed by atoms with Gasteiger partial charge in [-0.15, -0.1) is 0 Å². The second-order valence-electron chi connectivity index (χ2n) is 3.19. The molecule has 1 atom stereocenters. The van der Waals surface area contributed by atoms with Crippen LogP contribution in [0, 0.1) is 5.92 Å². The van der Waals surface area contributed by atoms with Crippen LogP contribution < -0.4 is 0 Å². The Morgan fingerprint density at radius 1 is 1.46 bits per heavy atom. The van der Waals surface area contributed by atoms with Crippen LogP contribution in [0.25, 0.3) is 0 Å². The molecular weight excluding hydrogens is 168 g/mol. The van der Waals surface area contributed by atoms with Gasteiger partial charge in [0.15, 0.2) is 0 Å². The van der Waals surface area contributed by atoms with Gasteiger partial charge in [0.2, 0.25) is 0 Å². The maximum Gasteiger partial charge on any atom is 0.317 e.